The highest BCUT2D eigenvalue weighted by molar-refractivity contribution is 6.00. The molecule has 10 heteroatoms. The fourth-order valence-electron chi connectivity index (χ4n) is 3.16. The number of aliphatic carboxylic acids is 4. The smallest absolute Gasteiger partial charge is 0.322 e. The quantitative estimate of drug-likeness (QED) is 0.527. The zero-order valence-corrected chi connectivity index (χ0v) is 14.9. The highest BCUT2D eigenvalue weighted by atomic mass is 16.5. The Morgan fingerprint density at radius 2 is 1.21 bits per heavy atom. The minimum Gasteiger partial charge on any atom is -0.480 e. The molecular weight excluding hydrogens is 386 g/mol. The molecule has 29 heavy (non-hydrogen) atoms. The van der Waals surface area contributed by atoms with Crippen molar-refractivity contribution in [2.75, 3.05) is 11.9 Å². The zero-order valence-electron chi connectivity index (χ0n) is 14.9. The van der Waals surface area contributed by atoms with Gasteiger partial charge in [0.15, 0.2) is 23.3 Å². The summed E-state index contributed by atoms with van der Waals surface area (Å²) >= 11 is 0. The van der Waals surface area contributed by atoms with Gasteiger partial charge in [-0.05, 0) is 35.4 Å². The van der Waals surface area contributed by atoms with Gasteiger partial charge in [0, 0.05) is 7.05 Å². The van der Waals surface area contributed by atoms with E-state index in [2.05, 4.69) is 0 Å². The van der Waals surface area contributed by atoms with Gasteiger partial charge in [-0.25, -0.2) is 0 Å². The van der Waals surface area contributed by atoms with Crippen molar-refractivity contribution in [3.05, 3.63) is 47.5 Å². The molecule has 1 aliphatic rings. The lowest BCUT2D eigenvalue weighted by Crippen LogP contribution is -2.23. The molecule has 1 heterocycles. The maximum atomic E-state index is 11.3. The van der Waals surface area contributed by atoms with Gasteiger partial charge in [0.1, 0.15) is 0 Å². The van der Waals surface area contributed by atoms with E-state index < -0.39 is 35.7 Å². The largest absolute Gasteiger partial charge is 0.480 e. The first-order valence-corrected chi connectivity index (χ1v) is 8.22. The Labute approximate surface area is 163 Å². The molecule has 0 aromatic heterocycles. The van der Waals surface area contributed by atoms with E-state index >= 15 is 0 Å². The van der Waals surface area contributed by atoms with E-state index in [0.29, 0.717) is 11.4 Å². The SMILES string of the molecule is CN1c2ccc(C(C(=O)O)C(=O)O)cc2Oc2ccc(C(C(=O)O)C(=O)O)cc21. The van der Waals surface area contributed by atoms with Crippen LogP contribution in [0.4, 0.5) is 11.4 Å². The van der Waals surface area contributed by atoms with E-state index in [0.717, 1.165) is 0 Å². The Morgan fingerprint density at radius 3 is 1.72 bits per heavy atom. The molecule has 150 valence electrons. The number of rotatable bonds is 6. The molecule has 1 aliphatic heterocycles. The van der Waals surface area contributed by atoms with Gasteiger partial charge in [-0.2, -0.15) is 0 Å². The van der Waals surface area contributed by atoms with Crippen LogP contribution in [0.25, 0.3) is 0 Å². The number of nitrogens with zero attached hydrogens (tertiary/aromatic N) is 1. The summed E-state index contributed by atoms with van der Waals surface area (Å²) in [6, 6.07) is 8.24. The summed E-state index contributed by atoms with van der Waals surface area (Å²) in [5.41, 5.74) is 0.948. The van der Waals surface area contributed by atoms with Crippen molar-refractivity contribution in [1.29, 1.82) is 0 Å². The number of carboxylic acid groups (broad SMARTS) is 4. The number of carboxylic acids is 4. The highest BCUT2D eigenvalue weighted by Crippen LogP contribution is 2.47. The van der Waals surface area contributed by atoms with Crippen LogP contribution >= 0.6 is 0 Å². The van der Waals surface area contributed by atoms with Crippen LogP contribution in [0.3, 0.4) is 0 Å². The topological polar surface area (TPSA) is 162 Å². The summed E-state index contributed by atoms with van der Waals surface area (Å²) in [6.07, 6.45) is 0. The first-order chi connectivity index (χ1) is 13.6. The molecule has 10 nitrogen and oxygen atoms in total. The van der Waals surface area contributed by atoms with Gasteiger partial charge < -0.3 is 30.1 Å². The average Bonchev–Trinajstić information content (AvgIpc) is 2.61. The number of hydrogen-bond acceptors (Lipinski definition) is 6. The molecule has 0 unspecified atom stereocenters. The number of anilines is 2. The summed E-state index contributed by atoms with van der Waals surface area (Å²) < 4.78 is 5.73. The molecule has 0 atom stereocenters. The highest BCUT2D eigenvalue weighted by Gasteiger charge is 2.32. The Hall–Kier alpha value is -4.08. The number of hydrogen-bond donors (Lipinski definition) is 4. The summed E-state index contributed by atoms with van der Waals surface area (Å²) in [4.78, 5) is 46.7. The lowest BCUT2D eigenvalue weighted by molar-refractivity contribution is -0.152. The predicted octanol–water partition coefficient (Wildman–Crippen LogP) is 2.07. The molecule has 0 aliphatic carbocycles. The molecule has 0 amide bonds. The van der Waals surface area contributed by atoms with Gasteiger partial charge in [-0.1, -0.05) is 12.1 Å². The van der Waals surface area contributed by atoms with E-state index in [4.69, 9.17) is 14.9 Å². The first kappa shape index (κ1) is 19.7. The number of ether oxygens (including phenoxy) is 1. The Balaban J connectivity index is 2.03. The standard InChI is InChI=1S/C19H15NO9/c1-20-10-4-2-9(15(18(25)26)19(27)28)7-13(10)29-12-5-3-8(6-11(12)20)14(16(21)22)17(23)24/h2-7,14-15H,1H3,(H,21,22)(H,23,24)(H,25,26)(H,27,28). The Morgan fingerprint density at radius 1 is 0.724 bits per heavy atom. The molecular formula is C19H15NO9. The van der Waals surface area contributed by atoms with Crippen molar-refractivity contribution < 1.29 is 44.3 Å². The van der Waals surface area contributed by atoms with E-state index in [1.807, 2.05) is 0 Å². The second-order valence-corrected chi connectivity index (χ2v) is 6.33. The molecule has 0 radical (unpaired) electrons. The van der Waals surface area contributed by atoms with Crippen LogP contribution in [0.5, 0.6) is 11.5 Å². The fourth-order valence-corrected chi connectivity index (χ4v) is 3.16. The lowest BCUT2D eigenvalue weighted by Gasteiger charge is -2.31. The van der Waals surface area contributed by atoms with Gasteiger partial charge in [0.05, 0.1) is 11.4 Å². The van der Waals surface area contributed by atoms with Crippen LogP contribution < -0.4 is 9.64 Å². The van der Waals surface area contributed by atoms with Crippen molar-refractivity contribution in [2.45, 2.75) is 11.8 Å². The second kappa shape index (κ2) is 7.15. The number of benzene rings is 2. The van der Waals surface area contributed by atoms with E-state index in [-0.39, 0.29) is 22.6 Å². The molecule has 0 saturated heterocycles. The van der Waals surface area contributed by atoms with Gasteiger partial charge in [-0.15, -0.1) is 0 Å². The Kier molecular flexibility index (Phi) is 4.85. The van der Waals surface area contributed by atoms with Gasteiger partial charge in [0.2, 0.25) is 0 Å². The van der Waals surface area contributed by atoms with Crippen LogP contribution in [-0.2, 0) is 19.2 Å². The number of fused-ring (bicyclic) bond motifs is 2. The summed E-state index contributed by atoms with van der Waals surface area (Å²) in [5.74, 6) is -9.05. The first-order valence-electron chi connectivity index (χ1n) is 8.22. The third-order valence-electron chi connectivity index (χ3n) is 4.56. The maximum Gasteiger partial charge on any atom is 0.322 e. The van der Waals surface area contributed by atoms with Crippen molar-refractivity contribution >= 4 is 35.3 Å². The third-order valence-corrected chi connectivity index (χ3v) is 4.56. The molecule has 2 aromatic carbocycles. The molecule has 0 fully saturated rings. The molecule has 4 N–H and O–H groups in total. The second-order valence-electron chi connectivity index (χ2n) is 6.33. The van der Waals surface area contributed by atoms with E-state index in [9.17, 15) is 29.4 Å². The zero-order chi connectivity index (χ0) is 21.5. The van der Waals surface area contributed by atoms with Crippen LogP contribution in [0.15, 0.2) is 36.4 Å². The molecule has 3 rings (SSSR count). The lowest BCUT2D eigenvalue weighted by atomic mass is 9.96. The van der Waals surface area contributed by atoms with Gasteiger partial charge in [0.25, 0.3) is 0 Å². The minimum atomic E-state index is -1.76. The van der Waals surface area contributed by atoms with Crippen molar-refractivity contribution in [3.63, 3.8) is 0 Å². The van der Waals surface area contributed by atoms with Crippen molar-refractivity contribution in [1.82, 2.24) is 0 Å². The predicted molar refractivity (Wildman–Crippen MR) is 97.0 cm³/mol. The summed E-state index contributed by atoms with van der Waals surface area (Å²) in [5, 5.41) is 36.7. The van der Waals surface area contributed by atoms with Crippen LogP contribution in [0, 0.1) is 0 Å². The molecule has 2 aromatic rings. The average molecular weight is 401 g/mol. The normalized spacial score (nSPS) is 12.2. The van der Waals surface area contributed by atoms with Crippen LogP contribution in [-0.4, -0.2) is 51.4 Å². The minimum absolute atomic E-state index is 0.0223. The van der Waals surface area contributed by atoms with E-state index in [1.165, 1.54) is 36.4 Å². The molecule has 0 saturated carbocycles. The molecule has 0 spiro atoms. The Bertz CT molecular complexity index is 1020. The maximum absolute atomic E-state index is 11.3. The van der Waals surface area contributed by atoms with Gasteiger partial charge in [-0.3, -0.25) is 19.2 Å². The fraction of sp³-hybridized carbons (Fsp3) is 0.158. The summed E-state index contributed by atoms with van der Waals surface area (Å²) in [7, 11) is 1.63. The number of carbonyl (C=O) groups is 4. The van der Waals surface area contributed by atoms with Crippen LogP contribution in [0.1, 0.15) is 23.0 Å². The summed E-state index contributed by atoms with van der Waals surface area (Å²) in [6.45, 7) is 0. The van der Waals surface area contributed by atoms with Crippen LogP contribution in [0.2, 0.25) is 0 Å². The van der Waals surface area contributed by atoms with E-state index in [1.54, 1.807) is 11.9 Å². The third kappa shape index (κ3) is 3.43. The van der Waals surface area contributed by atoms with Crippen molar-refractivity contribution in [3.8, 4) is 11.5 Å². The molecule has 0 bridgehead atoms. The monoisotopic (exact) mass is 401 g/mol. The van der Waals surface area contributed by atoms with Gasteiger partial charge >= 0.3 is 23.9 Å². The van der Waals surface area contributed by atoms with Crippen molar-refractivity contribution in [2.24, 2.45) is 0 Å².